The van der Waals surface area contributed by atoms with Gasteiger partial charge in [-0.05, 0) is 87.5 Å². The Morgan fingerprint density at radius 1 is 0.304 bits per heavy atom. The zero-order chi connectivity index (χ0) is 37.3. The van der Waals surface area contributed by atoms with E-state index in [0.29, 0.717) is 0 Å². The topological polar surface area (TPSA) is 8.17 Å². The van der Waals surface area contributed by atoms with E-state index in [1.54, 1.807) is 0 Å². The standard InChI is InChI=1S/C54H38N2/c1-5-18-39(19-6-1)46-26-13-14-27-47(46)41-32-34-44(35-33-41)55(52-31-17-29-48(40-20-7-2-8-21-40)54(52)42-22-9-3-10-23-42)45-36-37-50-49-28-15-16-30-51(49)56(53(50)38-45)43-24-11-4-12-25-43/h1-38H. The van der Waals surface area contributed by atoms with Crippen LogP contribution in [0.25, 0.3) is 72.0 Å². The lowest BCUT2D eigenvalue weighted by molar-refractivity contribution is 1.18. The van der Waals surface area contributed by atoms with Crippen LogP contribution < -0.4 is 4.90 Å². The monoisotopic (exact) mass is 714 g/mol. The van der Waals surface area contributed by atoms with Gasteiger partial charge in [0.1, 0.15) is 0 Å². The van der Waals surface area contributed by atoms with Gasteiger partial charge in [0.2, 0.25) is 0 Å². The summed E-state index contributed by atoms with van der Waals surface area (Å²) in [5, 5.41) is 2.46. The van der Waals surface area contributed by atoms with Crippen LogP contribution in [0, 0.1) is 0 Å². The van der Waals surface area contributed by atoms with E-state index in [4.69, 9.17) is 0 Å². The molecule has 0 amide bonds. The highest BCUT2D eigenvalue weighted by molar-refractivity contribution is 6.10. The number of benzene rings is 9. The van der Waals surface area contributed by atoms with Crippen LogP contribution in [0.3, 0.4) is 0 Å². The third kappa shape index (κ3) is 5.95. The number of hydrogen-bond acceptors (Lipinski definition) is 1. The third-order valence-corrected chi connectivity index (χ3v) is 10.8. The zero-order valence-corrected chi connectivity index (χ0v) is 30.8. The van der Waals surface area contributed by atoms with E-state index in [2.05, 4.69) is 240 Å². The molecule has 10 rings (SSSR count). The fraction of sp³-hybridized carbons (Fsp3) is 0. The van der Waals surface area contributed by atoms with E-state index in [1.807, 2.05) is 0 Å². The highest BCUT2D eigenvalue weighted by atomic mass is 15.1. The number of para-hydroxylation sites is 2. The molecule has 264 valence electrons. The first-order valence-corrected chi connectivity index (χ1v) is 19.2. The fourth-order valence-electron chi connectivity index (χ4n) is 8.27. The van der Waals surface area contributed by atoms with E-state index in [-0.39, 0.29) is 0 Å². The van der Waals surface area contributed by atoms with Crippen LogP contribution in [0.5, 0.6) is 0 Å². The Hall–Kier alpha value is -7.42. The second-order valence-electron chi connectivity index (χ2n) is 14.1. The highest BCUT2D eigenvalue weighted by Crippen LogP contribution is 2.47. The molecule has 0 atom stereocenters. The number of aromatic nitrogens is 1. The Labute approximate surface area is 327 Å². The molecule has 0 saturated carbocycles. The van der Waals surface area contributed by atoms with Crippen molar-refractivity contribution in [2.24, 2.45) is 0 Å². The van der Waals surface area contributed by atoms with Crippen molar-refractivity contribution in [1.82, 2.24) is 4.57 Å². The Morgan fingerprint density at radius 3 is 1.45 bits per heavy atom. The van der Waals surface area contributed by atoms with Crippen molar-refractivity contribution in [2.45, 2.75) is 0 Å². The summed E-state index contributed by atoms with van der Waals surface area (Å²) in [6, 6.07) is 83.1. The van der Waals surface area contributed by atoms with Crippen LogP contribution in [0.4, 0.5) is 17.1 Å². The first-order valence-electron chi connectivity index (χ1n) is 19.2. The minimum absolute atomic E-state index is 1.08. The van der Waals surface area contributed by atoms with Gasteiger partial charge in [-0.1, -0.05) is 182 Å². The first-order chi connectivity index (χ1) is 27.8. The summed E-state index contributed by atoms with van der Waals surface area (Å²) < 4.78 is 2.40. The minimum atomic E-state index is 1.08. The molecule has 1 aromatic heterocycles. The SMILES string of the molecule is c1ccc(-c2ccccc2-c2ccc(N(c3ccc4c5ccccc5n(-c5ccccc5)c4c3)c3cccc(-c4ccccc4)c3-c3ccccc3)cc2)cc1. The summed E-state index contributed by atoms with van der Waals surface area (Å²) in [5.41, 5.74) is 16.3. The molecule has 9 aromatic carbocycles. The molecule has 2 heteroatoms. The van der Waals surface area contributed by atoms with E-state index in [9.17, 15) is 0 Å². The van der Waals surface area contributed by atoms with Gasteiger partial charge in [0, 0.05) is 33.4 Å². The van der Waals surface area contributed by atoms with Gasteiger partial charge in [-0.15, -0.1) is 0 Å². The smallest absolute Gasteiger partial charge is 0.0561 e. The highest BCUT2D eigenvalue weighted by Gasteiger charge is 2.22. The van der Waals surface area contributed by atoms with Gasteiger partial charge in [0.25, 0.3) is 0 Å². The normalized spacial score (nSPS) is 11.2. The van der Waals surface area contributed by atoms with Crippen LogP contribution in [-0.4, -0.2) is 4.57 Å². The lowest BCUT2D eigenvalue weighted by atomic mass is 9.92. The maximum absolute atomic E-state index is 2.44. The molecule has 0 aliphatic rings. The van der Waals surface area contributed by atoms with Gasteiger partial charge in [0.05, 0.1) is 16.7 Å². The second-order valence-corrected chi connectivity index (χ2v) is 14.1. The van der Waals surface area contributed by atoms with Crippen LogP contribution >= 0.6 is 0 Å². The largest absolute Gasteiger partial charge is 0.310 e. The van der Waals surface area contributed by atoms with Crippen LogP contribution in [-0.2, 0) is 0 Å². The lowest BCUT2D eigenvalue weighted by Gasteiger charge is -2.29. The molecule has 0 spiro atoms. The summed E-state index contributed by atoms with van der Waals surface area (Å²) >= 11 is 0. The Morgan fingerprint density at radius 2 is 0.786 bits per heavy atom. The molecule has 0 fully saturated rings. The van der Waals surface area contributed by atoms with Crippen molar-refractivity contribution in [3.8, 4) is 50.2 Å². The van der Waals surface area contributed by atoms with Crippen molar-refractivity contribution in [2.75, 3.05) is 4.90 Å². The molecule has 0 unspecified atom stereocenters. The third-order valence-electron chi connectivity index (χ3n) is 10.8. The molecule has 0 aliphatic carbocycles. The molecule has 0 radical (unpaired) electrons. The molecule has 0 saturated heterocycles. The van der Waals surface area contributed by atoms with E-state index in [1.165, 1.54) is 60.8 Å². The molecule has 2 nitrogen and oxygen atoms in total. The van der Waals surface area contributed by atoms with Gasteiger partial charge in [-0.3, -0.25) is 0 Å². The summed E-state index contributed by atoms with van der Waals surface area (Å²) in [5.74, 6) is 0. The predicted molar refractivity (Wildman–Crippen MR) is 237 cm³/mol. The molecular weight excluding hydrogens is 677 g/mol. The Balaban J connectivity index is 1.22. The van der Waals surface area contributed by atoms with Crippen LogP contribution in [0.1, 0.15) is 0 Å². The van der Waals surface area contributed by atoms with E-state index < -0.39 is 0 Å². The molecular formula is C54H38N2. The lowest BCUT2D eigenvalue weighted by Crippen LogP contribution is -2.12. The summed E-state index contributed by atoms with van der Waals surface area (Å²) in [6.45, 7) is 0. The summed E-state index contributed by atoms with van der Waals surface area (Å²) in [4.78, 5) is 2.44. The summed E-state index contributed by atoms with van der Waals surface area (Å²) in [6.07, 6.45) is 0. The average Bonchev–Trinajstić information content (AvgIpc) is 3.61. The zero-order valence-electron chi connectivity index (χ0n) is 30.8. The van der Waals surface area contributed by atoms with Crippen molar-refractivity contribution in [3.63, 3.8) is 0 Å². The molecule has 0 N–H and O–H groups in total. The molecule has 0 bridgehead atoms. The fourth-order valence-corrected chi connectivity index (χ4v) is 8.27. The van der Waals surface area contributed by atoms with Gasteiger partial charge in [-0.2, -0.15) is 0 Å². The molecule has 0 aliphatic heterocycles. The number of rotatable bonds is 8. The first kappa shape index (κ1) is 33.2. The number of nitrogens with zero attached hydrogens (tertiary/aromatic N) is 2. The molecule has 10 aromatic rings. The van der Waals surface area contributed by atoms with E-state index >= 15 is 0 Å². The maximum Gasteiger partial charge on any atom is 0.0561 e. The van der Waals surface area contributed by atoms with Crippen molar-refractivity contribution in [3.05, 3.63) is 231 Å². The minimum Gasteiger partial charge on any atom is -0.310 e. The summed E-state index contributed by atoms with van der Waals surface area (Å²) in [7, 11) is 0. The van der Waals surface area contributed by atoms with Gasteiger partial charge < -0.3 is 9.47 Å². The van der Waals surface area contributed by atoms with E-state index in [0.717, 1.165) is 28.3 Å². The molecule has 56 heavy (non-hydrogen) atoms. The van der Waals surface area contributed by atoms with Gasteiger partial charge in [-0.25, -0.2) is 0 Å². The van der Waals surface area contributed by atoms with Crippen LogP contribution in [0.15, 0.2) is 231 Å². The van der Waals surface area contributed by atoms with Crippen molar-refractivity contribution >= 4 is 38.9 Å². The number of anilines is 3. The maximum atomic E-state index is 2.44. The van der Waals surface area contributed by atoms with Gasteiger partial charge in [0.15, 0.2) is 0 Å². The quantitative estimate of drug-likeness (QED) is 0.152. The Bertz CT molecular complexity index is 2930. The average molecular weight is 715 g/mol. The van der Waals surface area contributed by atoms with Crippen LogP contribution in [0.2, 0.25) is 0 Å². The number of hydrogen-bond donors (Lipinski definition) is 0. The van der Waals surface area contributed by atoms with Gasteiger partial charge >= 0.3 is 0 Å². The van der Waals surface area contributed by atoms with Crippen molar-refractivity contribution < 1.29 is 0 Å². The molecule has 1 heterocycles. The number of fused-ring (bicyclic) bond motifs is 3. The predicted octanol–water partition coefficient (Wildman–Crippen LogP) is 14.9. The Kier molecular flexibility index (Phi) is 8.55. The van der Waals surface area contributed by atoms with Crippen molar-refractivity contribution in [1.29, 1.82) is 0 Å². The second kappa shape index (κ2) is 14.4.